The molecule has 1 heterocycles. The van der Waals surface area contributed by atoms with Gasteiger partial charge in [0, 0.05) is 16.1 Å². The van der Waals surface area contributed by atoms with Crippen LogP contribution >= 0.6 is 23.2 Å². The second-order valence-corrected chi connectivity index (χ2v) is 6.08. The molecule has 3 rings (SSSR count). The topological polar surface area (TPSA) is 35.5 Å². The minimum atomic E-state index is -0.186. The summed E-state index contributed by atoms with van der Waals surface area (Å²) in [6.45, 7) is 0.400. The zero-order chi connectivity index (χ0) is 17.1. The molecule has 0 aromatic heterocycles. The molecule has 0 N–H and O–H groups in total. The molecule has 122 valence electrons. The van der Waals surface area contributed by atoms with Crippen LogP contribution in [-0.2, 0) is 0 Å². The Morgan fingerprint density at radius 3 is 2.79 bits per heavy atom. The predicted molar refractivity (Wildman–Crippen MR) is 96.4 cm³/mol. The molecule has 0 fully saturated rings. The van der Waals surface area contributed by atoms with Crippen molar-refractivity contribution in [1.29, 1.82) is 0 Å². The van der Waals surface area contributed by atoms with Gasteiger partial charge in [0.1, 0.15) is 18.1 Å². The smallest absolute Gasteiger partial charge is 0.187 e. The molecule has 0 radical (unpaired) electrons. The summed E-state index contributed by atoms with van der Waals surface area (Å²) in [7, 11) is 1.62. The van der Waals surface area contributed by atoms with Crippen molar-refractivity contribution in [3.05, 3.63) is 75.3 Å². The zero-order valence-corrected chi connectivity index (χ0v) is 14.4. The highest BCUT2D eigenvalue weighted by Gasteiger charge is 2.12. The highest BCUT2D eigenvalue weighted by molar-refractivity contribution is 6.37. The number of fused-ring (bicyclic) bond motifs is 1. The number of allylic oxidation sites excluding steroid dienone is 1. The number of hydrogen-bond donors (Lipinski definition) is 0. The van der Waals surface area contributed by atoms with E-state index in [-0.39, 0.29) is 5.78 Å². The Morgan fingerprint density at radius 2 is 2.04 bits per heavy atom. The summed E-state index contributed by atoms with van der Waals surface area (Å²) in [5.74, 6) is 1.36. The summed E-state index contributed by atoms with van der Waals surface area (Å²) >= 11 is 11.9. The van der Waals surface area contributed by atoms with Crippen molar-refractivity contribution in [3.63, 3.8) is 0 Å². The third-order valence-electron chi connectivity index (χ3n) is 3.60. The number of ketones is 1. The van der Waals surface area contributed by atoms with Gasteiger partial charge < -0.3 is 9.47 Å². The van der Waals surface area contributed by atoms with Crippen LogP contribution in [0.2, 0.25) is 10.0 Å². The van der Waals surface area contributed by atoms with E-state index in [4.69, 9.17) is 32.7 Å². The SMILES string of the molecule is COc1ccc2c(c1)C=C(/C=C/C(=O)c1ccc(Cl)cc1Cl)CO2. The van der Waals surface area contributed by atoms with Crippen LogP contribution in [0.5, 0.6) is 11.5 Å². The van der Waals surface area contributed by atoms with Gasteiger partial charge in [0.15, 0.2) is 5.78 Å². The number of benzene rings is 2. The molecule has 0 spiro atoms. The molecule has 1 aliphatic rings. The predicted octanol–water partition coefficient (Wildman–Crippen LogP) is 5.22. The van der Waals surface area contributed by atoms with Crippen LogP contribution in [0.3, 0.4) is 0 Å². The molecule has 2 aromatic rings. The van der Waals surface area contributed by atoms with Gasteiger partial charge in [-0.25, -0.2) is 0 Å². The fourth-order valence-electron chi connectivity index (χ4n) is 2.36. The summed E-state index contributed by atoms with van der Waals surface area (Å²) in [5, 5.41) is 0.829. The molecule has 0 atom stereocenters. The lowest BCUT2D eigenvalue weighted by Crippen LogP contribution is -2.06. The largest absolute Gasteiger partial charge is 0.497 e. The molecule has 3 nitrogen and oxygen atoms in total. The zero-order valence-electron chi connectivity index (χ0n) is 12.9. The Bertz CT molecular complexity index is 854. The van der Waals surface area contributed by atoms with Gasteiger partial charge in [-0.2, -0.15) is 0 Å². The average molecular weight is 361 g/mol. The highest BCUT2D eigenvalue weighted by Crippen LogP contribution is 2.30. The maximum Gasteiger partial charge on any atom is 0.187 e. The van der Waals surface area contributed by atoms with Gasteiger partial charge >= 0.3 is 0 Å². The number of methoxy groups -OCH3 is 1. The molecule has 0 amide bonds. The maximum atomic E-state index is 12.3. The van der Waals surface area contributed by atoms with Gasteiger partial charge in [0.05, 0.1) is 12.1 Å². The molecular weight excluding hydrogens is 347 g/mol. The Labute approximate surface area is 150 Å². The second kappa shape index (κ2) is 7.12. The first kappa shape index (κ1) is 16.6. The van der Waals surface area contributed by atoms with Crippen LogP contribution in [0, 0.1) is 0 Å². The molecular formula is C19H14Cl2O3. The van der Waals surface area contributed by atoms with Gasteiger partial charge in [-0.05, 0) is 54.1 Å². The van der Waals surface area contributed by atoms with Crippen molar-refractivity contribution >= 4 is 35.1 Å². The standard InChI is InChI=1S/C19H14Cl2O3/c1-23-15-4-7-19-13(9-15)8-12(11-24-19)2-6-18(22)16-5-3-14(20)10-17(16)21/h2-10H,11H2,1H3/b6-2+. The number of hydrogen-bond acceptors (Lipinski definition) is 3. The van der Waals surface area contributed by atoms with Crippen LogP contribution < -0.4 is 9.47 Å². The van der Waals surface area contributed by atoms with E-state index >= 15 is 0 Å². The summed E-state index contributed by atoms with van der Waals surface area (Å²) in [6.07, 6.45) is 5.18. The number of carbonyl (C=O) groups excluding carboxylic acids is 1. The fraction of sp³-hybridized carbons (Fsp3) is 0.105. The first-order valence-electron chi connectivity index (χ1n) is 7.25. The third-order valence-corrected chi connectivity index (χ3v) is 4.15. The first-order chi connectivity index (χ1) is 11.6. The van der Waals surface area contributed by atoms with E-state index in [0.29, 0.717) is 22.2 Å². The van der Waals surface area contributed by atoms with Crippen molar-refractivity contribution in [2.45, 2.75) is 0 Å². The molecule has 0 unspecified atom stereocenters. The van der Waals surface area contributed by atoms with Gasteiger partial charge in [0.2, 0.25) is 0 Å². The minimum Gasteiger partial charge on any atom is -0.497 e. The van der Waals surface area contributed by atoms with Gasteiger partial charge in [-0.1, -0.05) is 29.3 Å². The van der Waals surface area contributed by atoms with Crippen LogP contribution in [0.4, 0.5) is 0 Å². The van der Waals surface area contributed by atoms with Crippen LogP contribution in [-0.4, -0.2) is 19.5 Å². The number of rotatable bonds is 4. The second-order valence-electron chi connectivity index (χ2n) is 5.23. The van der Waals surface area contributed by atoms with Crippen LogP contribution in [0.25, 0.3) is 6.08 Å². The maximum absolute atomic E-state index is 12.3. The summed E-state index contributed by atoms with van der Waals surface area (Å²) in [6, 6.07) is 10.4. The molecule has 5 heteroatoms. The van der Waals surface area contributed by atoms with Crippen molar-refractivity contribution in [2.24, 2.45) is 0 Å². The van der Waals surface area contributed by atoms with Crippen molar-refractivity contribution < 1.29 is 14.3 Å². The van der Waals surface area contributed by atoms with Crippen LogP contribution in [0.15, 0.2) is 54.1 Å². The van der Waals surface area contributed by atoms with Crippen LogP contribution in [0.1, 0.15) is 15.9 Å². The minimum absolute atomic E-state index is 0.186. The lowest BCUT2D eigenvalue weighted by atomic mass is 10.1. The van der Waals surface area contributed by atoms with E-state index in [1.54, 1.807) is 31.4 Å². The van der Waals surface area contributed by atoms with E-state index in [1.807, 2.05) is 24.3 Å². The van der Waals surface area contributed by atoms with Gasteiger partial charge in [-0.3, -0.25) is 4.79 Å². The normalized spacial score (nSPS) is 13.2. The van der Waals surface area contributed by atoms with Gasteiger partial charge in [0.25, 0.3) is 0 Å². The molecule has 1 aliphatic heterocycles. The first-order valence-corrected chi connectivity index (χ1v) is 8.01. The Morgan fingerprint density at radius 1 is 1.21 bits per heavy atom. The van der Waals surface area contributed by atoms with Crippen molar-refractivity contribution in [1.82, 2.24) is 0 Å². The van der Waals surface area contributed by atoms with Gasteiger partial charge in [-0.15, -0.1) is 0 Å². The fourth-order valence-corrected chi connectivity index (χ4v) is 2.86. The quantitative estimate of drug-likeness (QED) is 0.554. The molecule has 0 saturated carbocycles. The average Bonchev–Trinajstić information content (AvgIpc) is 2.59. The summed E-state index contributed by atoms with van der Waals surface area (Å²) in [4.78, 5) is 12.3. The molecule has 0 saturated heterocycles. The highest BCUT2D eigenvalue weighted by atomic mass is 35.5. The molecule has 0 aliphatic carbocycles. The molecule has 2 aromatic carbocycles. The van der Waals surface area contributed by atoms with Crippen molar-refractivity contribution in [3.8, 4) is 11.5 Å². The van der Waals surface area contributed by atoms with E-state index in [9.17, 15) is 4.79 Å². The number of halogens is 2. The Hall–Kier alpha value is -2.23. The summed E-state index contributed by atoms with van der Waals surface area (Å²) in [5.41, 5.74) is 2.21. The van der Waals surface area contributed by atoms with Crippen molar-refractivity contribution in [2.75, 3.05) is 13.7 Å². The Balaban J connectivity index is 1.81. The van der Waals surface area contributed by atoms with E-state index in [0.717, 1.165) is 22.6 Å². The third kappa shape index (κ3) is 3.64. The molecule has 0 bridgehead atoms. The van der Waals surface area contributed by atoms with E-state index < -0.39 is 0 Å². The Kier molecular flexibility index (Phi) is 4.93. The lowest BCUT2D eigenvalue weighted by Gasteiger charge is -2.16. The van der Waals surface area contributed by atoms with E-state index in [1.165, 1.54) is 6.08 Å². The number of ether oxygens (including phenoxy) is 2. The monoisotopic (exact) mass is 360 g/mol. The summed E-state index contributed by atoms with van der Waals surface area (Å²) < 4.78 is 10.9. The van der Waals surface area contributed by atoms with E-state index in [2.05, 4.69) is 0 Å². The molecule has 24 heavy (non-hydrogen) atoms. The number of carbonyl (C=O) groups is 1. The lowest BCUT2D eigenvalue weighted by molar-refractivity contribution is 0.104.